The molecule has 4 rings (SSSR count). The fraction of sp³-hybridized carbons (Fsp3) is 0.455. The lowest BCUT2D eigenvalue weighted by molar-refractivity contribution is -0.121. The highest BCUT2D eigenvalue weighted by atomic mass is 35.5. The van der Waals surface area contributed by atoms with Gasteiger partial charge in [-0.15, -0.1) is 23.7 Å². The van der Waals surface area contributed by atoms with E-state index in [0.717, 1.165) is 22.6 Å². The monoisotopic (exact) mass is 612 g/mol. The molecule has 1 aliphatic rings. The van der Waals surface area contributed by atoms with Crippen molar-refractivity contribution in [3.63, 3.8) is 0 Å². The van der Waals surface area contributed by atoms with Crippen molar-refractivity contribution in [1.29, 1.82) is 0 Å². The number of thiophene rings is 1. The Hall–Kier alpha value is -1.18. The van der Waals surface area contributed by atoms with Crippen LogP contribution in [0.1, 0.15) is 19.3 Å². The minimum absolute atomic E-state index is 0. The molecule has 3 aromatic rings. The third-order valence-corrected chi connectivity index (χ3v) is 10.9. The maximum Gasteiger partial charge on any atom is 0.253 e. The van der Waals surface area contributed by atoms with Crippen LogP contribution >= 0.6 is 58.3 Å². The standard InChI is InChI=1S/C22H26Cl2N4O4S3.ClH/c1-26(2)11-5-12-27(22-25-19-16(32-3)8-7-14(23)20(19)34-22)21(29)15-6-4-13-28(15)35(30,31)18-10-9-17(24)33-18;/h7-10,15H,4-6,11-13H2,1-3H3;1H. The number of methoxy groups -OCH3 is 1. The Labute approximate surface area is 235 Å². The summed E-state index contributed by atoms with van der Waals surface area (Å²) in [6.45, 7) is 1.43. The third kappa shape index (κ3) is 5.94. The van der Waals surface area contributed by atoms with Crippen LogP contribution in [0.25, 0.3) is 10.2 Å². The number of ether oxygens (including phenoxy) is 1. The molecule has 1 aromatic carbocycles. The second-order valence-electron chi connectivity index (χ2n) is 8.40. The van der Waals surface area contributed by atoms with Gasteiger partial charge in [-0.2, -0.15) is 4.31 Å². The number of anilines is 1. The number of sulfonamides is 1. The number of benzene rings is 1. The van der Waals surface area contributed by atoms with Crippen LogP contribution in [0.5, 0.6) is 5.75 Å². The first-order valence-electron chi connectivity index (χ1n) is 11.0. The van der Waals surface area contributed by atoms with Gasteiger partial charge in [-0.25, -0.2) is 13.4 Å². The Morgan fingerprint density at radius 2 is 1.94 bits per heavy atom. The van der Waals surface area contributed by atoms with Crippen molar-refractivity contribution in [2.45, 2.75) is 29.5 Å². The van der Waals surface area contributed by atoms with Gasteiger partial charge >= 0.3 is 0 Å². The zero-order chi connectivity index (χ0) is 25.3. The third-order valence-electron chi connectivity index (χ3n) is 5.75. The van der Waals surface area contributed by atoms with Crippen molar-refractivity contribution in [2.75, 3.05) is 45.7 Å². The van der Waals surface area contributed by atoms with Crippen molar-refractivity contribution in [3.8, 4) is 5.75 Å². The molecular formula is C22H27Cl3N4O4S3. The fourth-order valence-electron chi connectivity index (χ4n) is 4.07. The van der Waals surface area contributed by atoms with Crippen molar-refractivity contribution >= 4 is 89.6 Å². The molecule has 3 heterocycles. The molecule has 0 aliphatic carbocycles. The number of aromatic nitrogens is 1. The molecule has 1 aliphatic heterocycles. The number of amides is 1. The van der Waals surface area contributed by atoms with Crippen LogP contribution in [0.4, 0.5) is 5.13 Å². The van der Waals surface area contributed by atoms with Crippen molar-refractivity contribution in [1.82, 2.24) is 14.2 Å². The minimum Gasteiger partial charge on any atom is -0.494 e. The van der Waals surface area contributed by atoms with E-state index in [-0.39, 0.29) is 29.1 Å². The Morgan fingerprint density at radius 1 is 1.19 bits per heavy atom. The Morgan fingerprint density at radius 3 is 2.58 bits per heavy atom. The lowest BCUT2D eigenvalue weighted by Crippen LogP contribution is -2.48. The Bertz CT molecular complexity index is 1330. The first kappa shape index (κ1) is 29.4. The normalized spacial score (nSPS) is 16.4. The van der Waals surface area contributed by atoms with Gasteiger partial charge in [0.05, 0.1) is 21.2 Å². The predicted octanol–water partition coefficient (Wildman–Crippen LogP) is 5.23. The lowest BCUT2D eigenvalue weighted by Gasteiger charge is -2.28. The van der Waals surface area contributed by atoms with Crippen LogP contribution < -0.4 is 9.64 Å². The van der Waals surface area contributed by atoms with Gasteiger partial charge in [-0.1, -0.05) is 34.5 Å². The number of halogens is 3. The average Bonchev–Trinajstić information content (AvgIpc) is 3.56. The van der Waals surface area contributed by atoms with E-state index in [0.29, 0.717) is 51.6 Å². The van der Waals surface area contributed by atoms with E-state index in [1.54, 1.807) is 30.2 Å². The maximum atomic E-state index is 13.9. The summed E-state index contributed by atoms with van der Waals surface area (Å²) in [6, 6.07) is 5.70. The zero-order valence-corrected chi connectivity index (χ0v) is 24.7. The molecule has 1 atom stereocenters. The molecule has 8 nitrogen and oxygen atoms in total. The molecule has 1 fully saturated rings. The molecule has 0 bridgehead atoms. The molecule has 14 heteroatoms. The highest BCUT2D eigenvalue weighted by Gasteiger charge is 2.42. The van der Waals surface area contributed by atoms with Gasteiger partial charge in [-0.3, -0.25) is 9.69 Å². The molecule has 198 valence electrons. The lowest BCUT2D eigenvalue weighted by atomic mass is 10.2. The van der Waals surface area contributed by atoms with Crippen LogP contribution in [0, 0.1) is 0 Å². The Kier molecular flexibility index (Phi) is 9.89. The van der Waals surface area contributed by atoms with Gasteiger partial charge in [0.1, 0.15) is 21.5 Å². The van der Waals surface area contributed by atoms with Crippen LogP contribution in [0.2, 0.25) is 9.36 Å². The molecule has 0 spiro atoms. The van der Waals surface area contributed by atoms with Crippen LogP contribution in [-0.4, -0.2) is 75.4 Å². The number of nitrogens with zero attached hydrogens (tertiary/aromatic N) is 4. The second-order valence-corrected chi connectivity index (χ2v) is 13.6. The largest absolute Gasteiger partial charge is 0.494 e. The summed E-state index contributed by atoms with van der Waals surface area (Å²) in [5.74, 6) is 0.272. The quantitative estimate of drug-likeness (QED) is 0.329. The molecule has 0 saturated carbocycles. The van der Waals surface area contributed by atoms with Crippen molar-refractivity contribution in [2.24, 2.45) is 0 Å². The first-order chi connectivity index (χ1) is 16.6. The summed E-state index contributed by atoms with van der Waals surface area (Å²) in [5.41, 5.74) is 0.578. The van der Waals surface area contributed by atoms with Crippen LogP contribution in [0.15, 0.2) is 28.5 Å². The minimum atomic E-state index is -3.85. The van der Waals surface area contributed by atoms with E-state index in [4.69, 9.17) is 32.9 Å². The fourth-order valence-corrected chi connectivity index (χ4v) is 8.62. The molecule has 1 saturated heterocycles. The SMILES string of the molecule is COc1ccc(Cl)c2sc(N(CCCN(C)C)C(=O)C3CCCN3S(=O)(=O)c3ccc(Cl)s3)nc12.Cl. The number of hydrogen-bond acceptors (Lipinski definition) is 8. The number of fused-ring (bicyclic) bond motifs is 1. The summed E-state index contributed by atoms with van der Waals surface area (Å²) < 4.78 is 34.7. The predicted molar refractivity (Wildman–Crippen MR) is 150 cm³/mol. The first-order valence-corrected chi connectivity index (χ1v) is 14.8. The van der Waals surface area contributed by atoms with Crippen molar-refractivity contribution in [3.05, 3.63) is 33.6 Å². The summed E-state index contributed by atoms with van der Waals surface area (Å²) in [5, 5.41) is 0.989. The zero-order valence-electron chi connectivity index (χ0n) is 19.9. The van der Waals surface area contributed by atoms with Gasteiger partial charge in [-0.05, 0) is 64.2 Å². The van der Waals surface area contributed by atoms with E-state index < -0.39 is 16.1 Å². The van der Waals surface area contributed by atoms with Gasteiger partial charge in [0.2, 0.25) is 5.91 Å². The van der Waals surface area contributed by atoms with Crippen LogP contribution in [-0.2, 0) is 14.8 Å². The van der Waals surface area contributed by atoms with E-state index in [9.17, 15) is 13.2 Å². The number of rotatable bonds is 9. The number of carbonyl (C=O) groups is 1. The maximum absolute atomic E-state index is 13.9. The molecule has 1 amide bonds. The van der Waals surface area contributed by atoms with E-state index >= 15 is 0 Å². The molecular weight excluding hydrogens is 587 g/mol. The van der Waals surface area contributed by atoms with Crippen molar-refractivity contribution < 1.29 is 17.9 Å². The van der Waals surface area contributed by atoms with E-state index in [1.807, 2.05) is 19.0 Å². The second kappa shape index (κ2) is 12.1. The van der Waals surface area contributed by atoms with Gasteiger partial charge in [0, 0.05) is 13.1 Å². The Balaban J connectivity index is 0.00000361. The smallest absolute Gasteiger partial charge is 0.253 e. The topological polar surface area (TPSA) is 83.0 Å². The number of hydrogen-bond donors (Lipinski definition) is 0. The molecule has 36 heavy (non-hydrogen) atoms. The molecule has 1 unspecified atom stereocenters. The number of thiazole rings is 1. The highest BCUT2D eigenvalue weighted by Crippen LogP contribution is 2.40. The number of carbonyl (C=O) groups excluding carboxylic acids is 1. The molecule has 2 aromatic heterocycles. The van der Waals surface area contributed by atoms with Crippen LogP contribution in [0.3, 0.4) is 0 Å². The summed E-state index contributed by atoms with van der Waals surface area (Å²) in [4.78, 5) is 22.3. The van der Waals surface area contributed by atoms with Gasteiger partial charge < -0.3 is 9.64 Å². The summed E-state index contributed by atoms with van der Waals surface area (Å²) >= 11 is 14.7. The van der Waals surface area contributed by atoms with E-state index in [1.165, 1.54) is 21.7 Å². The summed E-state index contributed by atoms with van der Waals surface area (Å²) in [6.07, 6.45) is 1.73. The van der Waals surface area contributed by atoms with Gasteiger partial charge in [0.15, 0.2) is 5.13 Å². The summed E-state index contributed by atoms with van der Waals surface area (Å²) in [7, 11) is 1.63. The van der Waals surface area contributed by atoms with E-state index in [2.05, 4.69) is 0 Å². The molecule has 0 radical (unpaired) electrons. The molecule has 0 N–H and O–H groups in total. The average molecular weight is 614 g/mol. The van der Waals surface area contributed by atoms with Gasteiger partial charge in [0.25, 0.3) is 10.0 Å². The highest BCUT2D eigenvalue weighted by molar-refractivity contribution is 7.91.